The third-order valence-electron chi connectivity index (χ3n) is 5.24. The standard InChI is InChI=1S/C22H32N2O2S/c1-25-19-14-13-17(15-20(19)26-2)16-23-22-24-18-11-9-7-5-3-4-6-8-10-12-21(18)27-22/h13-15H,3-12,16H2,1-2H3,(H,23,24). The molecule has 3 rings (SSSR count). The molecule has 2 aromatic rings. The summed E-state index contributed by atoms with van der Waals surface area (Å²) in [7, 11) is 3.33. The zero-order chi connectivity index (χ0) is 18.9. The Kier molecular flexibility index (Phi) is 7.81. The van der Waals surface area contributed by atoms with Gasteiger partial charge in [-0.1, -0.05) is 44.6 Å². The molecule has 0 radical (unpaired) electrons. The summed E-state index contributed by atoms with van der Waals surface area (Å²) in [6.07, 6.45) is 13.2. The quantitative estimate of drug-likeness (QED) is 0.683. The van der Waals surface area contributed by atoms with Gasteiger partial charge in [-0.2, -0.15) is 0 Å². The number of nitrogens with one attached hydrogen (secondary N) is 1. The molecule has 0 amide bonds. The Labute approximate surface area is 167 Å². The van der Waals surface area contributed by atoms with Crippen LogP contribution in [0.15, 0.2) is 18.2 Å². The topological polar surface area (TPSA) is 43.4 Å². The second-order valence-corrected chi connectivity index (χ2v) is 8.34. The van der Waals surface area contributed by atoms with Crippen molar-refractivity contribution in [2.45, 2.75) is 70.8 Å². The smallest absolute Gasteiger partial charge is 0.183 e. The summed E-state index contributed by atoms with van der Waals surface area (Å²) in [5, 5.41) is 4.56. The third kappa shape index (κ3) is 5.86. The van der Waals surface area contributed by atoms with E-state index in [2.05, 4.69) is 11.4 Å². The van der Waals surface area contributed by atoms with Gasteiger partial charge in [-0.05, 0) is 43.4 Å². The van der Waals surface area contributed by atoms with Gasteiger partial charge in [0, 0.05) is 11.4 Å². The lowest BCUT2D eigenvalue weighted by Crippen LogP contribution is -2.00. The summed E-state index contributed by atoms with van der Waals surface area (Å²) in [5.41, 5.74) is 2.49. The summed E-state index contributed by atoms with van der Waals surface area (Å²) >= 11 is 1.84. The number of aromatic nitrogens is 1. The summed E-state index contributed by atoms with van der Waals surface area (Å²) in [5.74, 6) is 1.53. The van der Waals surface area contributed by atoms with Gasteiger partial charge in [0.25, 0.3) is 0 Å². The van der Waals surface area contributed by atoms with Crippen LogP contribution < -0.4 is 14.8 Å². The van der Waals surface area contributed by atoms with Crippen molar-refractivity contribution in [1.82, 2.24) is 4.98 Å². The highest BCUT2D eigenvalue weighted by Gasteiger charge is 2.12. The molecule has 0 bridgehead atoms. The summed E-state index contributed by atoms with van der Waals surface area (Å²) < 4.78 is 10.7. The summed E-state index contributed by atoms with van der Waals surface area (Å²) in [6.45, 7) is 0.743. The fourth-order valence-corrected chi connectivity index (χ4v) is 4.70. The summed E-state index contributed by atoms with van der Waals surface area (Å²) in [6, 6.07) is 6.05. The molecule has 1 heterocycles. The first-order valence-corrected chi connectivity index (χ1v) is 11.0. The molecule has 1 N–H and O–H groups in total. The van der Waals surface area contributed by atoms with Gasteiger partial charge in [0.05, 0.1) is 19.9 Å². The van der Waals surface area contributed by atoms with Gasteiger partial charge in [-0.25, -0.2) is 4.98 Å². The number of rotatable bonds is 5. The van der Waals surface area contributed by atoms with E-state index in [-0.39, 0.29) is 0 Å². The molecule has 0 aliphatic heterocycles. The van der Waals surface area contributed by atoms with Gasteiger partial charge in [0.2, 0.25) is 0 Å². The largest absolute Gasteiger partial charge is 0.493 e. The van der Waals surface area contributed by atoms with Gasteiger partial charge in [-0.15, -0.1) is 11.3 Å². The number of fused-ring (bicyclic) bond motifs is 1. The van der Waals surface area contributed by atoms with Crippen LogP contribution in [0.2, 0.25) is 0 Å². The van der Waals surface area contributed by atoms with E-state index in [1.807, 2.05) is 23.5 Å². The number of benzene rings is 1. The highest BCUT2D eigenvalue weighted by atomic mass is 32.1. The highest BCUT2D eigenvalue weighted by Crippen LogP contribution is 2.30. The number of nitrogens with zero attached hydrogens (tertiary/aromatic N) is 1. The SMILES string of the molecule is COc1ccc(CNc2nc3c(s2)CCCCCCCCCC3)cc1OC. The first kappa shape index (κ1) is 20.0. The van der Waals surface area contributed by atoms with Crippen LogP contribution >= 0.6 is 11.3 Å². The maximum atomic E-state index is 5.40. The maximum absolute atomic E-state index is 5.40. The van der Waals surface area contributed by atoms with Gasteiger partial charge in [-0.3, -0.25) is 0 Å². The fraction of sp³-hybridized carbons (Fsp3) is 0.591. The molecular formula is C22H32N2O2S. The first-order valence-electron chi connectivity index (χ1n) is 10.2. The number of thiazole rings is 1. The van der Waals surface area contributed by atoms with E-state index >= 15 is 0 Å². The average Bonchev–Trinajstić information content (AvgIpc) is 3.07. The fourth-order valence-electron chi connectivity index (χ4n) is 3.66. The molecule has 0 saturated carbocycles. The Morgan fingerprint density at radius 1 is 0.889 bits per heavy atom. The number of hydrogen-bond acceptors (Lipinski definition) is 5. The maximum Gasteiger partial charge on any atom is 0.183 e. The summed E-state index contributed by atoms with van der Waals surface area (Å²) in [4.78, 5) is 6.41. The number of ether oxygens (including phenoxy) is 2. The monoisotopic (exact) mass is 388 g/mol. The van der Waals surface area contributed by atoms with Crippen LogP contribution in [0.25, 0.3) is 0 Å². The highest BCUT2D eigenvalue weighted by molar-refractivity contribution is 7.15. The molecule has 0 saturated heterocycles. The predicted octanol–water partition coefficient (Wildman–Crippen LogP) is 5.99. The molecule has 0 atom stereocenters. The minimum atomic E-state index is 0.743. The molecule has 1 aromatic carbocycles. The minimum Gasteiger partial charge on any atom is -0.493 e. The normalized spacial score (nSPS) is 15.9. The minimum absolute atomic E-state index is 0.743. The Bertz CT molecular complexity index is 685. The van der Waals surface area contributed by atoms with Crippen LogP contribution in [-0.4, -0.2) is 19.2 Å². The number of methoxy groups -OCH3 is 2. The molecule has 148 valence electrons. The van der Waals surface area contributed by atoms with Crippen molar-refractivity contribution in [3.8, 4) is 11.5 Å². The van der Waals surface area contributed by atoms with Gasteiger partial charge in [0.15, 0.2) is 16.6 Å². The molecule has 0 fully saturated rings. The lowest BCUT2D eigenvalue weighted by Gasteiger charge is -2.09. The average molecular weight is 389 g/mol. The van der Waals surface area contributed by atoms with Crippen molar-refractivity contribution >= 4 is 16.5 Å². The molecule has 0 unspecified atom stereocenters. The third-order valence-corrected chi connectivity index (χ3v) is 6.35. The van der Waals surface area contributed by atoms with Crippen molar-refractivity contribution in [2.75, 3.05) is 19.5 Å². The molecule has 0 spiro atoms. The molecule has 27 heavy (non-hydrogen) atoms. The number of anilines is 1. The second-order valence-electron chi connectivity index (χ2n) is 7.26. The van der Waals surface area contributed by atoms with Crippen molar-refractivity contribution < 1.29 is 9.47 Å². The van der Waals surface area contributed by atoms with Crippen LogP contribution in [0.1, 0.15) is 67.5 Å². The van der Waals surface area contributed by atoms with E-state index in [0.717, 1.165) is 35.2 Å². The molecule has 1 aliphatic rings. The first-order chi connectivity index (χ1) is 13.3. The molecule has 1 aliphatic carbocycles. The molecule has 5 heteroatoms. The Morgan fingerprint density at radius 2 is 1.56 bits per heavy atom. The van der Waals surface area contributed by atoms with Crippen LogP contribution in [0, 0.1) is 0 Å². The van der Waals surface area contributed by atoms with Crippen LogP contribution in [-0.2, 0) is 19.4 Å². The van der Waals surface area contributed by atoms with Crippen LogP contribution in [0.3, 0.4) is 0 Å². The van der Waals surface area contributed by atoms with Crippen molar-refractivity contribution in [2.24, 2.45) is 0 Å². The van der Waals surface area contributed by atoms with E-state index in [1.165, 1.54) is 68.4 Å². The van der Waals surface area contributed by atoms with E-state index in [4.69, 9.17) is 14.5 Å². The lowest BCUT2D eigenvalue weighted by molar-refractivity contribution is 0.354. The zero-order valence-corrected chi connectivity index (χ0v) is 17.5. The van der Waals surface area contributed by atoms with Gasteiger partial charge < -0.3 is 14.8 Å². The zero-order valence-electron chi connectivity index (χ0n) is 16.7. The van der Waals surface area contributed by atoms with E-state index in [0.29, 0.717) is 0 Å². The Hall–Kier alpha value is -1.75. The second kappa shape index (κ2) is 10.5. The Morgan fingerprint density at radius 3 is 2.26 bits per heavy atom. The lowest BCUT2D eigenvalue weighted by atomic mass is 10.0. The van der Waals surface area contributed by atoms with Gasteiger partial charge in [0.1, 0.15) is 0 Å². The number of hydrogen-bond donors (Lipinski definition) is 1. The molecule has 1 aromatic heterocycles. The Balaban J connectivity index is 1.64. The van der Waals surface area contributed by atoms with Crippen molar-refractivity contribution in [1.29, 1.82) is 0 Å². The van der Waals surface area contributed by atoms with Gasteiger partial charge >= 0.3 is 0 Å². The van der Waals surface area contributed by atoms with E-state index in [9.17, 15) is 0 Å². The van der Waals surface area contributed by atoms with E-state index < -0.39 is 0 Å². The van der Waals surface area contributed by atoms with E-state index in [1.54, 1.807) is 14.2 Å². The van der Waals surface area contributed by atoms with Crippen LogP contribution in [0.5, 0.6) is 11.5 Å². The molecule has 4 nitrogen and oxygen atoms in total. The number of aryl methyl sites for hydroxylation is 2. The molecular weight excluding hydrogens is 356 g/mol. The van der Waals surface area contributed by atoms with Crippen LogP contribution in [0.4, 0.5) is 5.13 Å². The van der Waals surface area contributed by atoms with Crippen molar-refractivity contribution in [3.63, 3.8) is 0 Å². The predicted molar refractivity (Wildman–Crippen MR) is 113 cm³/mol. The van der Waals surface area contributed by atoms with Crippen molar-refractivity contribution in [3.05, 3.63) is 34.3 Å².